The van der Waals surface area contributed by atoms with Crippen molar-refractivity contribution in [3.8, 4) is 5.75 Å². The van der Waals surface area contributed by atoms with Gasteiger partial charge in [0.2, 0.25) is 0 Å². The van der Waals surface area contributed by atoms with Gasteiger partial charge in [-0.1, -0.05) is 17.7 Å². The van der Waals surface area contributed by atoms with E-state index in [4.69, 9.17) is 4.74 Å². The fourth-order valence-electron chi connectivity index (χ4n) is 1.88. The van der Waals surface area contributed by atoms with Gasteiger partial charge in [-0.15, -0.1) is 0 Å². The van der Waals surface area contributed by atoms with Crippen molar-refractivity contribution < 1.29 is 9.84 Å². The second-order valence-electron chi connectivity index (χ2n) is 4.17. The highest BCUT2D eigenvalue weighted by Gasteiger charge is 2.13. The summed E-state index contributed by atoms with van der Waals surface area (Å²) in [6.45, 7) is 2.01. The summed E-state index contributed by atoms with van der Waals surface area (Å²) in [4.78, 5) is 7.89. The smallest absolute Gasteiger partial charge is 0.122 e. The molecule has 0 aliphatic rings. The van der Waals surface area contributed by atoms with Crippen molar-refractivity contribution >= 4 is 0 Å². The van der Waals surface area contributed by atoms with Crippen LogP contribution in [0.25, 0.3) is 0 Å². The van der Waals surface area contributed by atoms with Crippen molar-refractivity contribution in [1.82, 2.24) is 9.97 Å². The summed E-state index contributed by atoms with van der Waals surface area (Å²) in [6.07, 6.45) is 2.89. The summed E-state index contributed by atoms with van der Waals surface area (Å²) in [6, 6.07) is 7.63. The summed E-state index contributed by atoms with van der Waals surface area (Å²) < 4.78 is 5.29. The Hall–Kier alpha value is -1.94. The van der Waals surface area contributed by atoms with Crippen LogP contribution in [0.15, 0.2) is 36.8 Å². The number of aliphatic hydroxyl groups excluding tert-OH is 1. The van der Waals surface area contributed by atoms with Crippen molar-refractivity contribution in [2.75, 3.05) is 7.11 Å². The lowest BCUT2D eigenvalue weighted by Crippen LogP contribution is -2.05. The molecule has 0 radical (unpaired) electrons. The highest BCUT2D eigenvalue weighted by molar-refractivity contribution is 5.37. The fourth-order valence-corrected chi connectivity index (χ4v) is 1.88. The number of methoxy groups -OCH3 is 1. The number of rotatable bonds is 4. The Bertz CT molecular complexity index is 514. The molecule has 0 aliphatic heterocycles. The highest BCUT2D eigenvalue weighted by atomic mass is 16.5. The van der Waals surface area contributed by atoms with E-state index in [1.807, 2.05) is 25.1 Å². The first-order valence-corrected chi connectivity index (χ1v) is 5.78. The van der Waals surface area contributed by atoms with Crippen molar-refractivity contribution in [3.63, 3.8) is 0 Å². The summed E-state index contributed by atoms with van der Waals surface area (Å²) >= 11 is 0. The van der Waals surface area contributed by atoms with Crippen LogP contribution in [-0.2, 0) is 6.42 Å². The van der Waals surface area contributed by atoms with Crippen molar-refractivity contribution in [2.45, 2.75) is 19.4 Å². The van der Waals surface area contributed by atoms with E-state index < -0.39 is 6.10 Å². The van der Waals surface area contributed by atoms with E-state index in [0.717, 1.165) is 16.9 Å². The van der Waals surface area contributed by atoms with E-state index in [9.17, 15) is 5.11 Å². The van der Waals surface area contributed by atoms with Crippen LogP contribution in [0.5, 0.6) is 5.75 Å². The largest absolute Gasteiger partial charge is 0.496 e. The van der Waals surface area contributed by atoms with E-state index in [1.165, 1.54) is 6.33 Å². The summed E-state index contributed by atoms with van der Waals surface area (Å²) in [7, 11) is 1.63. The Morgan fingerprint density at radius 1 is 1.33 bits per heavy atom. The van der Waals surface area contributed by atoms with Crippen LogP contribution in [0.4, 0.5) is 0 Å². The van der Waals surface area contributed by atoms with E-state index in [-0.39, 0.29) is 0 Å². The Balaban J connectivity index is 2.21. The lowest BCUT2D eigenvalue weighted by molar-refractivity contribution is 0.172. The number of aryl methyl sites for hydroxylation is 1. The van der Waals surface area contributed by atoms with E-state index >= 15 is 0 Å². The molecule has 0 amide bonds. The van der Waals surface area contributed by atoms with Crippen LogP contribution in [0.2, 0.25) is 0 Å². The molecule has 0 bridgehead atoms. The molecule has 1 aromatic heterocycles. The van der Waals surface area contributed by atoms with Gasteiger partial charge in [0.25, 0.3) is 0 Å². The molecule has 18 heavy (non-hydrogen) atoms. The molecule has 0 aliphatic carbocycles. The molecule has 0 spiro atoms. The molecule has 2 aromatic rings. The minimum Gasteiger partial charge on any atom is -0.496 e. The van der Waals surface area contributed by atoms with Crippen LogP contribution in [0.1, 0.15) is 22.9 Å². The molecule has 1 aromatic carbocycles. The molecule has 1 unspecified atom stereocenters. The number of aliphatic hydroxyl groups is 1. The average Bonchev–Trinajstić information content (AvgIpc) is 2.40. The normalized spacial score (nSPS) is 12.2. The quantitative estimate of drug-likeness (QED) is 0.894. The second-order valence-corrected chi connectivity index (χ2v) is 4.17. The van der Waals surface area contributed by atoms with Gasteiger partial charge in [-0.25, -0.2) is 9.97 Å². The predicted molar refractivity (Wildman–Crippen MR) is 68.4 cm³/mol. The zero-order valence-electron chi connectivity index (χ0n) is 10.5. The van der Waals surface area contributed by atoms with Gasteiger partial charge in [0, 0.05) is 12.6 Å². The van der Waals surface area contributed by atoms with Crippen LogP contribution in [0.3, 0.4) is 0 Å². The Labute approximate surface area is 106 Å². The van der Waals surface area contributed by atoms with E-state index in [0.29, 0.717) is 12.1 Å². The van der Waals surface area contributed by atoms with Crippen LogP contribution >= 0.6 is 0 Å². The van der Waals surface area contributed by atoms with Gasteiger partial charge in [0.15, 0.2) is 0 Å². The molecule has 4 nitrogen and oxygen atoms in total. The molecular formula is C14H16N2O2. The molecular weight excluding hydrogens is 228 g/mol. The van der Waals surface area contributed by atoms with E-state index in [1.54, 1.807) is 19.4 Å². The Morgan fingerprint density at radius 3 is 2.83 bits per heavy atom. The lowest BCUT2D eigenvalue weighted by Gasteiger charge is -2.13. The van der Waals surface area contributed by atoms with Gasteiger partial charge in [-0.2, -0.15) is 0 Å². The van der Waals surface area contributed by atoms with Crippen molar-refractivity contribution in [3.05, 3.63) is 53.6 Å². The molecule has 0 fully saturated rings. The van der Waals surface area contributed by atoms with Gasteiger partial charge in [0.05, 0.1) is 12.8 Å². The monoisotopic (exact) mass is 244 g/mol. The minimum absolute atomic E-state index is 0.474. The first kappa shape index (κ1) is 12.5. The topological polar surface area (TPSA) is 55.2 Å². The average molecular weight is 244 g/mol. The number of hydrogen-bond donors (Lipinski definition) is 1. The summed E-state index contributed by atoms with van der Waals surface area (Å²) in [5.41, 5.74) is 2.73. The summed E-state index contributed by atoms with van der Waals surface area (Å²) in [5, 5.41) is 10.1. The summed E-state index contributed by atoms with van der Waals surface area (Å²) in [5.74, 6) is 0.786. The SMILES string of the molecule is COc1ccc(C)cc1CC(O)c1ccncn1. The number of aromatic nitrogens is 2. The van der Waals surface area contributed by atoms with Crippen LogP contribution in [0, 0.1) is 6.92 Å². The number of benzene rings is 1. The first-order valence-electron chi connectivity index (χ1n) is 5.78. The van der Waals surface area contributed by atoms with Gasteiger partial charge in [-0.05, 0) is 24.6 Å². The number of nitrogens with zero attached hydrogens (tertiary/aromatic N) is 2. The molecule has 94 valence electrons. The number of ether oxygens (including phenoxy) is 1. The maximum atomic E-state index is 10.1. The molecule has 4 heteroatoms. The van der Waals surface area contributed by atoms with Gasteiger partial charge < -0.3 is 9.84 Å². The Kier molecular flexibility index (Phi) is 3.89. The van der Waals surface area contributed by atoms with Crippen molar-refractivity contribution in [2.24, 2.45) is 0 Å². The third-order valence-corrected chi connectivity index (χ3v) is 2.80. The third kappa shape index (κ3) is 2.84. The predicted octanol–water partition coefficient (Wildman–Crippen LogP) is 2.07. The first-order chi connectivity index (χ1) is 8.70. The van der Waals surface area contributed by atoms with Gasteiger partial charge in [-0.3, -0.25) is 0 Å². The molecule has 1 atom stereocenters. The third-order valence-electron chi connectivity index (χ3n) is 2.80. The molecule has 1 N–H and O–H groups in total. The van der Waals surface area contributed by atoms with Crippen LogP contribution < -0.4 is 4.74 Å². The van der Waals surface area contributed by atoms with E-state index in [2.05, 4.69) is 9.97 Å². The second kappa shape index (κ2) is 5.60. The minimum atomic E-state index is -0.649. The zero-order chi connectivity index (χ0) is 13.0. The number of hydrogen-bond acceptors (Lipinski definition) is 4. The lowest BCUT2D eigenvalue weighted by atomic mass is 10.0. The highest BCUT2D eigenvalue weighted by Crippen LogP contribution is 2.25. The molecule has 1 heterocycles. The molecule has 0 saturated heterocycles. The molecule has 2 rings (SSSR count). The van der Waals surface area contributed by atoms with Crippen molar-refractivity contribution in [1.29, 1.82) is 0 Å². The zero-order valence-corrected chi connectivity index (χ0v) is 10.5. The fraction of sp³-hybridized carbons (Fsp3) is 0.286. The maximum absolute atomic E-state index is 10.1. The van der Waals surface area contributed by atoms with Gasteiger partial charge in [0.1, 0.15) is 18.2 Å². The standard InChI is InChI=1S/C14H16N2O2/c1-10-3-4-14(18-2)11(7-10)8-13(17)12-5-6-15-9-16-12/h3-7,9,13,17H,8H2,1-2H3. The molecule has 0 saturated carbocycles. The van der Waals surface area contributed by atoms with Gasteiger partial charge >= 0.3 is 0 Å². The maximum Gasteiger partial charge on any atom is 0.122 e. The Morgan fingerprint density at radius 2 is 2.17 bits per heavy atom. The van der Waals surface area contributed by atoms with Crippen LogP contribution in [-0.4, -0.2) is 22.2 Å².